The Kier molecular flexibility index (Phi) is 1.97. The summed E-state index contributed by atoms with van der Waals surface area (Å²) >= 11 is 1.78. The van der Waals surface area contributed by atoms with Gasteiger partial charge in [0.1, 0.15) is 0 Å². The summed E-state index contributed by atoms with van der Waals surface area (Å²) in [5.74, 6) is 1.19. The molecule has 0 aliphatic carbocycles. The van der Waals surface area contributed by atoms with Gasteiger partial charge in [-0.3, -0.25) is 0 Å². The van der Waals surface area contributed by atoms with Crippen molar-refractivity contribution in [2.75, 3.05) is 5.75 Å². The molecule has 0 spiro atoms. The minimum Gasteiger partial charge on any atom is -0.316 e. The average Bonchev–Trinajstić information content (AvgIpc) is 2.14. The summed E-state index contributed by atoms with van der Waals surface area (Å²) in [5, 5.41) is 8.61. The van der Waals surface area contributed by atoms with Crippen LogP contribution in [-0.2, 0) is 0 Å². The van der Waals surface area contributed by atoms with Gasteiger partial charge in [-0.1, -0.05) is 0 Å². The van der Waals surface area contributed by atoms with Crippen LogP contribution in [0, 0.1) is 0 Å². The van der Waals surface area contributed by atoms with Crippen LogP contribution in [0.2, 0.25) is 0 Å². The second-order valence-corrected chi connectivity index (χ2v) is 2.94. The van der Waals surface area contributed by atoms with E-state index in [1.54, 1.807) is 11.8 Å². The van der Waals surface area contributed by atoms with E-state index in [1.807, 2.05) is 0 Å². The van der Waals surface area contributed by atoms with Gasteiger partial charge in [-0.15, -0.1) is 11.8 Å². The fourth-order valence-electron chi connectivity index (χ4n) is 0.679. The van der Waals surface area contributed by atoms with Crippen LogP contribution in [0.15, 0.2) is 0 Å². The molecule has 0 aromatic rings. The maximum Gasteiger partial charge on any atom is 0.0772 e. The smallest absolute Gasteiger partial charge is 0.0772 e. The van der Waals surface area contributed by atoms with E-state index in [4.69, 9.17) is 5.21 Å². The molecule has 1 unspecified atom stereocenters. The van der Waals surface area contributed by atoms with Gasteiger partial charge in [0.15, 0.2) is 0 Å². The summed E-state index contributed by atoms with van der Waals surface area (Å²) in [6.45, 7) is 0. The molecule has 1 atom stereocenters. The summed E-state index contributed by atoms with van der Waals surface area (Å²) in [6.07, 6.45) is 2.35. The molecule has 7 heavy (non-hydrogen) atoms. The van der Waals surface area contributed by atoms with Gasteiger partial charge in [0.05, 0.1) is 5.37 Å². The van der Waals surface area contributed by atoms with Gasteiger partial charge < -0.3 is 5.21 Å². The third-order valence-electron chi connectivity index (χ3n) is 1.07. The standard InChI is InChI=1S/C4H9NOS/c6-5-4-2-1-3-7-4/h4-6H,1-3H2. The van der Waals surface area contributed by atoms with Gasteiger partial charge in [0, 0.05) is 0 Å². The Morgan fingerprint density at radius 2 is 2.57 bits per heavy atom. The third kappa shape index (κ3) is 1.33. The van der Waals surface area contributed by atoms with Gasteiger partial charge in [-0.2, -0.15) is 5.48 Å². The molecule has 1 saturated heterocycles. The summed E-state index contributed by atoms with van der Waals surface area (Å²) in [7, 11) is 0. The Labute approximate surface area is 47.2 Å². The van der Waals surface area contributed by atoms with E-state index < -0.39 is 0 Å². The summed E-state index contributed by atoms with van der Waals surface area (Å²) in [4.78, 5) is 0. The maximum absolute atomic E-state index is 8.30. The largest absolute Gasteiger partial charge is 0.316 e. The van der Waals surface area contributed by atoms with Crippen LogP contribution in [0.25, 0.3) is 0 Å². The highest BCUT2D eigenvalue weighted by Gasteiger charge is 2.12. The fraction of sp³-hybridized carbons (Fsp3) is 1.00. The zero-order chi connectivity index (χ0) is 5.11. The van der Waals surface area contributed by atoms with E-state index in [9.17, 15) is 0 Å². The molecule has 0 bridgehead atoms. The SMILES string of the molecule is ONC1CCCS1. The van der Waals surface area contributed by atoms with Crippen molar-refractivity contribution in [3.8, 4) is 0 Å². The topological polar surface area (TPSA) is 32.3 Å². The molecule has 3 heteroatoms. The highest BCUT2D eigenvalue weighted by Crippen LogP contribution is 2.22. The first-order chi connectivity index (χ1) is 3.43. The molecule has 0 aromatic carbocycles. The lowest BCUT2D eigenvalue weighted by atomic mass is 10.3. The van der Waals surface area contributed by atoms with E-state index in [0.717, 1.165) is 6.42 Å². The van der Waals surface area contributed by atoms with Crippen LogP contribution in [0.1, 0.15) is 12.8 Å². The molecule has 1 aliphatic heterocycles. The van der Waals surface area contributed by atoms with Gasteiger partial charge >= 0.3 is 0 Å². The molecule has 1 rings (SSSR count). The molecular weight excluding hydrogens is 110 g/mol. The van der Waals surface area contributed by atoms with Crippen LogP contribution in [0.3, 0.4) is 0 Å². The lowest BCUT2D eigenvalue weighted by Gasteiger charge is -2.00. The van der Waals surface area contributed by atoms with E-state index in [-0.39, 0.29) is 0 Å². The monoisotopic (exact) mass is 119 g/mol. The van der Waals surface area contributed by atoms with Crippen molar-refractivity contribution in [2.45, 2.75) is 18.2 Å². The molecule has 0 radical (unpaired) electrons. The number of rotatable bonds is 1. The number of hydrogen-bond donors (Lipinski definition) is 2. The average molecular weight is 119 g/mol. The van der Waals surface area contributed by atoms with Crippen LogP contribution in [-0.4, -0.2) is 16.3 Å². The maximum atomic E-state index is 8.30. The number of thioether (sulfide) groups is 1. The van der Waals surface area contributed by atoms with Crippen LogP contribution < -0.4 is 5.48 Å². The van der Waals surface area contributed by atoms with E-state index >= 15 is 0 Å². The lowest BCUT2D eigenvalue weighted by Crippen LogP contribution is -2.17. The second-order valence-electron chi connectivity index (χ2n) is 1.63. The van der Waals surface area contributed by atoms with Crippen molar-refractivity contribution < 1.29 is 5.21 Å². The molecule has 1 heterocycles. The third-order valence-corrected chi connectivity index (χ3v) is 2.34. The Morgan fingerprint density at radius 3 is 2.86 bits per heavy atom. The van der Waals surface area contributed by atoms with Crippen LogP contribution in [0.5, 0.6) is 0 Å². The predicted molar refractivity (Wildman–Crippen MR) is 30.4 cm³/mol. The molecule has 1 aliphatic rings. The molecule has 1 fully saturated rings. The molecule has 2 N–H and O–H groups in total. The zero-order valence-corrected chi connectivity index (χ0v) is 4.87. The summed E-state index contributed by atoms with van der Waals surface area (Å²) in [5.41, 5.74) is 2.23. The van der Waals surface area contributed by atoms with Crippen molar-refractivity contribution in [1.29, 1.82) is 0 Å². The van der Waals surface area contributed by atoms with E-state index in [0.29, 0.717) is 5.37 Å². The minimum atomic E-state index is 0.319. The van der Waals surface area contributed by atoms with E-state index in [2.05, 4.69) is 5.48 Å². The first kappa shape index (κ1) is 5.41. The Morgan fingerprint density at radius 1 is 1.71 bits per heavy atom. The molecular formula is C4H9NOS. The van der Waals surface area contributed by atoms with E-state index in [1.165, 1.54) is 12.2 Å². The van der Waals surface area contributed by atoms with Gasteiger partial charge in [0.2, 0.25) is 0 Å². The molecule has 0 amide bonds. The fourth-order valence-corrected chi connectivity index (χ4v) is 1.71. The quantitative estimate of drug-likeness (QED) is 0.501. The van der Waals surface area contributed by atoms with Crippen LogP contribution in [0.4, 0.5) is 0 Å². The highest BCUT2D eigenvalue weighted by molar-refractivity contribution is 8.00. The van der Waals surface area contributed by atoms with Crippen molar-refractivity contribution in [1.82, 2.24) is 5.48 Å². The van der Waals surface area contributed by atoms with Crippen molar-refractivity contribution in [3.63, 3.8) is 0 Å². The molecule has 2 nitrogen and oxygen atoms in total. The molecule has 0 saturated carbocycles. The Balaban J connectivity index is 2.14. The van der Waals surface area contributed by atoms with Gasteiger partial charge in [-0.05, 0) is 18.6 Å². The number of hydroxylamine groups is 1. The molecule has 0 aromatic heterocycles. The Hall–Kier alpha value is 0.270. The lowest BCUT2D eigenvalue weighted by molar-refractivity contribution is 0.156. The predicted octanol–water partition coefficient (Wildman–Crippen LogP) is 0.818. The van der Waals surface area contributed by atoms with Crippen LogP contribution >= 0.6 is 11.8 Å². The molecule has 42 valence electrons. The summed E-state index contributed by atoms with van der Waals surface area (Å²) < 4.78 is 0. The normalized spacial score (nSPS) is 31.3. The van der Waals surface area contributed by atoms with Crippen molar-refractivity contribution >= 4 is 11.8 Å². The summed E-state index contributed by atoms with van der Waals surface area (Å²) in [6, 6.07) is 0. The highest BCUT2D eigenvalue weighted by atomic mass is 32.2. The number of nitrogens with one attached hydrogen (secondary N) is 1. The Bertz CT molecular complexity index is 53.7. The van der Waals surface area contributed by atoms with Gasteiger partial charge in [0.25, 0.3) is 0 Å². The van der Waals surface area contributed by atoms with Crippen molar-refractivity contribution in [2.24, 2.45) is 0 Å². The number of hydrogen-bond acceptors (Lipinski definition) is 3. The minimum absolute atomic E-state index is 0.319. The first-order valence-electron chi connectivity index (χ1n) is 2.44. The zero-order valence-electron chi connectivity index (χ0n) is 4.05. The van der Waals surface area contributed by atoms with Crippen molar-refractivity contribution in [3.05, 3.63) is 0 Å². The van der Waals surface area contributed by atoms with Gasteiger partial charge in [-0.25, -0.2) is 0 Å². The second kappa shape index (κ2) is 2.55. The first-order valence-corrected chi connectivity index (χ1v) is 3.49.